The van der Waals surface area contributed by atoms with E-state index < -0.39 is 29.7 Å². The molecule has 0 heterocycles. The smallest absolute Gasteiger partial charge is 0.416 e. The second kappa shape index (κ2) is 6.47. The fourth-order valence-electron chi connectivity index (χ4n) is 1.52. The van der Waals surface area contributed by atoms with Crippen molar-refractivity contribution in [2.45, 2.75) is 26.1 Å². The predicted octanol–water partition coefficient (Wildman–Crippen LogP) is 1.97. The summed E-state index contributed by atoms with van der Waals surface area (Å²) < 4.78 is 42.3. The summed E-state index contributed by atoms with van der Waals surface area (Å²) in [5.41, 5.74) is 3.88. The van der Waals surface area contributed by atoms with Crippen molar-refractivity contribution >= 4 is 17.6 Å². The molecule has 1 amide bonds. The van der Waals surface area contributed by atoms with Gasteiger partial charge in [0.1, 0.15) is 0 Å². The monoisotopic (exact) mass is 304 g/mol. The van der Waals surface area contributed by atoms with E-state index in [0.717, 1.165) is 12.1 Å². The van der Waals surface area contributed by atoms with Crippen LogP contribution in [0.2, 0.25) is 0 Å². The molecule has 0 bridgehead atoms. The standard InChI is InChI=1S/C13H15F3N2O3/c1-3-18-11(19)7(2)21-12(20)9-5-4-8(6-10(9)17)13(14,15)16/h4-7H,3,17H2,1-2H3,(H,18,19)/t7-/m0/s1. The quantitative estimate of drug-likeness (QED) is 0.658. The Morgan fingerprint density at radius 2 is 2.00 bits per heavy atom. The number of carbonyl (C=O) groups excluding carboxylic acids is 2. The van der Waals surface area contributed by atoms with Crippen LogP contribution < -0.4 is 11.1 Å². The largest absolute Gasteiger partial charge is 0.449 e. The first-order valence-corrected chi connectivity index (χ1v) is 6.12. The van der Waals surface area contributed by atoms with Gasteiger partial charge in [-0.15, -0.1) is 0 Å². The molecule has 8 heteroatoms. The van der Waals surface area contributed by atoms with Gasteiger partial charge in [0.05, 0.1) is 11.1 Å². The lowest BCUT2D eigenvalue weighted by atomic mass is 10.1. The highest BCUT2D eigenvalue weighted by Gasteiger charge is 2.31. The lowest BCUT2D eigenvalue weighted by molar-refractivity contribution is -0.137. The number of likely N-dealkylation sites (N-methyl/N-ethyl adjacent to an activating group) is 1. The first kappa shape index (κ1) is 16.8. The zero-order valence-electron chi connectivity index (χ0n) is 11.5. The molecule has 21 heavy (non-hydrogen) atoms. The first-order chi connectivity index (χ1) is 9.66. The summed E-state index contributed by atoms with van der Waals surface area (Å²) in [6, 6.07) is 2.29. The van der Waals surface area contributed by atoms with Crippen molar-refractivity contribution < 1.29 is 27.5 Å². The molecule has 1 atom stereocenters. The van der Waals surface area contributed by atoms with Crippen molar-refractivity contribution in [3.05, 3.63) is 29.3 Å². The van der Waals surface area contributed by atoms with Crippen molar-refractivity contribution in [2.24, 2.45) is 0 Å². The Morgan fingerprint density at radius 3 is 2.48 bits per heavy atom. The second-order valence-electron chi connectivity index (χ2n) is 4.24. The third-order valence-electron chi connectivity index (χ3n) is 2.60. The molecule has 116 valence electrons. The number of nitrogens with two attached hydrogens (primary N) is 1. The molecule has 0 saturated carbocycles. The molecule has 0 unspecified atom stereocenters. The molecule has 0 aliphatic heterocycles. The van der Waals surface area contributed by atoms with Gasteiger partial charge in [-0.2, -0.15) is 13.2 Å². The fourth-order valence-corrected chi connectivity index (χ4v) is 1.52. The molecule has 3 N–H and O–H groups in total. The van der Waals surface area contributed by atoms with Crippen LogP contribution in [0.25, 0.3) is 0 Å². The number of esters is 1. The van der Waals surface area contributed by atoms with E-state index in [2.05, 4.69) is 5.32 Å². The number of rotatable bonds is 4. The molecule has 5 nitrogen and oxygen atoms in total. The summed E-state index contributed by atoms with van der Waals surface area (Å²) in [5.74, 6) is -1.46. The van der Waals surface area contributed by atoms with Gasteiger partial charge >= 0.3 is 12.1 Å². The lowest BCUT2D eigenvalue weighted by Crippen LogP contribution is -2.35. The Morgan fingerprint density at radius 1 is 1.38 bits per heavy atom. The molecule has 1 rings (SSSR count). The van der Waals surface area contributed by atoms with E-state index in [9.17, 15) is 22.8 Å². The Labute approximate surface area is 119 Å². The highest BCUT2D eigenvalue weighted by atomic mass is 19.4. The van der Waals surface area contributed by atoms with Gasteiger partial charge in [-0.1, -0.05) is 0 Å². The van der Waals surface area contributed by atoms with Crippen LogP contribution in [0.5, 0.6) is 0 Å². The van der Waals surface area contributed by atoms with Gasteiger partial charge in [0, 0.05) is 12.2 Å². The summed E-state index contributed by atoms with van der Waals surface area (Å²) in [6.45, 7) is 3.41. The number of nitrogens with one attached hydrogen (secondary N) is 1. The maximum atomic E-state index is 12.5. The van der Waals surface area contributed by atoms with Crippen LogP contribution in [0, 0.1) is 0 Å². The Hall–Kier alpha value is -2.25. The van der Waals surface area contributed by atoms with Crippen molar-refractivity contribution in [3.63, 3.8) is 0 Å². The molecular weight excluding hydrogens is 289 g/mol. The van der Waals surface area contributed by atoms with Crippen LogP contribution in [0.1, 0.15) is 29.8 Å². The topological polar surface area (TPSA) is 81.4 Å². The van der Waals surface area contributed by atoms with E-state index in [1.165, 1.54) is 6.92 Å². The summed E-state index contributed by atoms with van der Waals surface area (Å²) in [4.78, 5) is 23.2. The van der Waals surface area contributed by atoms with Crippen LogP contribution in [0.4, 0.5) is 18.9 Å². The SMILES string of the molecule is CCNC(=O)[C@H](C)OC(=O)c1ccc(C(F)(F)F)cc1N. The normalized spacial score (nSPS) is 12.6. The number of nitrogen functional groups attached to an aromatic ring is 1. The Balaban J connectivity index is 2.87. The number of hydrogen-bond acceptors (Lipinski definition) is 4. The Bertz CT molecular complexity index is 544. The number of amides is 1. The predicted molar refractivity (Wildman–Crippen MR) is 69.4 cm³/mol. The van der Waals surface area contributed by atoms with Gasteiger partial charge < -0.3 is 15.8 Å². The molecule has 0 spiro atoms. The van der Waals surface area contributed by atoms with E-state index in [4.69, 9.17) is 10.5 Å². The van der Waals surface area contributed by atoms with E-state index in [-0.39, 0.29) is 11.3 Å². The summed E-state index contributed by atoms with van der Waals surface area (Å²) in [6.07, 6.45) is -5.62. The maximum Gasteiger partial charge on any atom is 0.416 e. The molecule has 1 aromatic rings. The molecule has 0 fully saturated rings. The number of hydrogen-bond donors (Lipinski definition) is 2. The van der Waals surface area contributed by atoms with Gasteiger partial charge in [0.2, 0.25) is 0 Å². The van der Waals surface area contributed by atoms with E-state index in [1.807, 2.05) is 0 Å². The van der Waals surface area contributed by atoms with Crippen LogP contribution in [0.3, 0.4) is 0 Å². The van der Waals surface area contributed by atoms with Gasteiger partial charge in [-0.25, -0.2) is 4.79 Å². The van der Waals surface area contributed by atoms with Gasteiger partial charge in [-0.05, 0) is 32.0 Å². The minimum Gasteiger partial charge on any atom is -0.449 e. The van der Waals surface area contributed by atoms with Crippen molar-refractivity contribution in [1.29, 1.82) is 0 Å². The van der Waals surface area contributed by atoms with Crippen molar-refractivity contribution in [2.75, 3.05) is 12.3 Å². The van der Waals surface area contributed by atoms with Crippen LogP contribution in [-0.4, -0.2) is 24.5 Å². The first-order valence-electron chi connectivity index (χ1n) is 6.12. The molecule has 0 aromatic heterocycles. The van der Waals surface area contributed by atoms with Gasteiger partial charge in [0.25, 0.3) is 5.91 Å². The molecular formula is C13H15F3N2O3. The minimum absolute atomic E-state index is 0.223. The second-order valence-corrected chi connectivity index (χ2v) is 4.24. The maximum absolute atomic E-state index is 12.5. The number of halogens is 3. The summed E-state index contributed by atoms with van der Waals surface area (Å²) >= 11 is 0. The molecule has 0 aliphatic rings. The number of benzene rings is 1. The molecule has 1 aromatic carbocycles. The highest BCUT2D eigenvalue weighted by Crippen LogP contribution is 2.31. The van der Waals surface area contributed by atoms with Crippen LogP contribution in [0.15, 0.2) is 18.2 Å². The third kappa shape index (κ3) is 4.37. The van der Waals surface area contributed by atoms with E-state index in [1.54, 1.807) is 6.92 Å². The molecule has 0 aliphatic carbocycles. The number of alkyl halides is 3. The Kier molecular flexibility index (Phi) is 5.17. The van der Waals surface area contributed by atoms with Gasteiger partial charge in [0.15, 0.2) is 6.10 Å². The molecule has 0 radical (unpaired) electrons. The van der Waals surface area contributed by atoms with Crippen LogP contribution >= 0.6 is 0 Å². The summed E-state index contributed by atoms with van der Waals surface area (Å²) in [7, 11) is 0. The summed E-state index contributed by atoms with van der Waals surface area (Å²) in [5, 5.41) is 2.45. The van der Waals surface area contributed by atoms with E-state index in [0.29, 0.717) is 12.6 Å². The van der Waals surface area contributed by atoms with E-state index >= 15 is 0 Å². The zero-order valence-corrected chi connectivity index (χ0v) is 11.5. The highest BCUT2D eigenvalue weighted by molar-refractivity contribution is 5.96. The number of ether oxygens (including phenoxy) is 1. The van der Waals surface area contributed by atoms with Gasteiger partial charge in [-0.3, -0.25) is 4.79 Å². The third-order valence-corrected chi connectivity index (χ3v) is 2.60. The molecule has 0 saturated heterocycles. The average molecular weight is 304 g/mol. The number of carbonyl (C=O) groups is 2. The van der Waals surface area contributed by atoms with Crippen molar-refractivity contribution in [1.82, 2.24) is 5.32 Å². The minimum atomic E-state index is -4.55. The fraction of sp³-hybridized carbons (Fsp3) is 0.385. The average Bonchev–Trinajstić information content (AvgIpc) is 2.37. The van der Waals surface area contributed by atoms with Crippen molar-refractivity contribution in [3.8, 4) is 0 Å². The number of anilines is 1. The zero-order chi connectivity index (χ0) is 16.2. The lowest BCUT2D eigenvalue weighted by Gasteiger charge is -2.14. The van der Waals surface area contributed by atoms with Crippen LogP contribution in [-0.2, 0) is 15.7 Å².